The monoisotopic (exact) mass is 545 g/mol. The topological polar surface area (TPSA) is 69.0 Å². The van der Waals surface area contributed by atoms with Gasteiger partial charge in [0.25, 0.3) is 5.91 Å². The van der Waals surface area contributed by atoms with Crippen molar-refractivity contribution in [3.8, 4) is 11.5 Å². The lowest BCUT2D eigenvalue weighted by atomic mass is 9.98. The lowest BCUT2D eigenvalue weighted by molar-refractivity contribution is 0.0730. The summed E-state index contributed by atoms with van der Waals surface area (Å²) < 4.78 is 17.7. The average Bonchev–Trinajstić information content (AvgIpc) is 3.18. The third-order valence-corrected chi connectivity index (χ3v) is 6.79. The number of methoxy groups -OCH3 is 1. The molecule has 1 aromatic heterocycles. The van der Waals surface area contributed by atoms with Gasteiger partial charge in [0.2, 0.25) is 5.76 Å². The maximum atomic E-state index is 13.7. The van der Waals surface area contributed by atoms with Crippen LogP contribution in [0.5, 0.6) is 11.5 Å². The molecule has 1 aliphatic heterocycles. The van der Waals surface area contributed by atoms with E-state index in [0.29, 0.717) is 41.9 Å². The summed E-state index contributed by atoms with van der Waals surface area (Å²) in [5.41, 5.74) is 2.41. The molecule has 0 bridgehead atoms. The number of benzene rings is 3. The van der Waals surface area contributed by atoms with Crippen molar-refractivity contribution in [2.45, 2.75) is 12.5 Å². The Morgan fingerprint density at radius 3 is 2.44 bits per heavy atom. The average molecular weight is 546 g/mol. The number of halogens is 1. The molecule has 3 aromatic carbocycles. The van der Waals surface area contributed by atoms with Crippen LogP contribution in [0.3, 0.4) is 0 Å². The van der Waals surface area contributed by atoms with Gasteiger partial charge in [0.15, 0.2) is 5.43 Å². The number of hydrogen-bond donors (Lipinski definition) is 0. The Morgan fingerprint density at radius 1 is 1.03 bits per heavy atom. The third-order valence-electron chi connectivity index (χ3n) is 6.29. The van der Waals surface area contributed by atoms with Crippen LogP contribution in [0.25, 0.3) is 11.0 Å². The van der Waals surface area contributed by atoms with Crippen LogP contribution in [-0.2, 0) is 6.42 Å². The number of carbonyl (C=O) groups is 1. The highest BCUT2D eigenvalue weighted by atomic mass is 79.9. The van der Waals surface area contributed by atoms with Crippen LogP contribution >= 0.6 is 15.9 Å². The minimum atomic E-state index is -0.571. The van der Waals surface area contributed by atoms with E-state index in [2.05, 4.69) is 22.5 Å². The summed E-state index contributed by atoms with van der Waals surface area (Å²) in [7, 11) is 1.62. The summed E-state index contributed by atoms with van der Waals surface area (Å²) in [6.07, 6.45) is 2.29. The van der Waals surface area contributed by atoms with Gasteiger partial charge in [-0.25, -0.2) is 0 Å². The van der Waals surface area contributed by atoms with Crippen LogP contribution in [0.15, 0.2) is 93.1 Å². The van der Waals surface area contributed by atoms with Gasteiger partial charge in [0.1, 0.15) is 23.7 Å². The van der Waals surface area contributed by atoms with Gasteiger partial charge in [-0.2, -0.15) is 0 Å². The van der Waals surface area contributed by atoms with Crippen LogP contribution in [0.2, 0.25) is 0 Å². The molecule has 1 unspecified atom stereocenters. The lowest BCUT2D eigenvalue weighted by Crippen LogP contribution is -2.31. The molecule has 6 nitrogen and oxygen atoms in total. The Bertz CT molecular complexity index is 1490. The highest BCUT2D eigenvalue weighted by molar-refractivity contribution is 9.10. The summed E-state index contributed by atoms with van der Waals surface area (Å²) in [5, 5.41) is 0.434. The third kappa shape index (κ3) is 4.42. The number of nitrogens with zero attached hydrogens (tertiary/aromatic N) is 1. The second-order valence-electron chi connectivity index (χ2n) is 8.48. The number of amides is 1. The Hall–Kier alpha value is -3.84. The Morgan fingerprint density at radius 2 is 1.75 bits per heavy atom. The SMILES string of the molecule is C=CCOc1ccc(C2c3c(oc4ccc(Br)cc4c3=O)C(=O)N2CCc2ccc(OC)cc2)cc1. The van der Waals surface area contributed by atoms with E-state index in [1.54, 1.807) is 36.3 Å². The Kier molecular flexibility index (Phi) is 6.65. The number of hydrogen-bond acceptors (Lipinski definition) is 5. The number of rotatable bonds is 8. The summed E-state index contributed by atoms with van der Waals surface area (Å²) in [6.45, 7) is 4.47. The number of carbonyl (C=O) groups excluding carboxylic acids is 1. The van der Waals surface area contributed by atoms with Crippen LogP contribution in [0.4, 0.5) is 0 Å². The zero-order valence-corrected chi connectivity index (χ0v) is 21.3. The van der Waals surface area contributed by atoms with Gasteiger partial charge >= 0.3 is 0 Å². The van der Waals surface area contributed by atoms with Crippen molar-refractivity contribution >= 4 is 32.8 Å². The zero-order chi connectivity index (χ0) is 25.2. The molecule has 0 fully saturated rings. The standard InChI is InChI=1S/C29H24BrNO5/c1-3-16-35-22-11-6-19(7-12-22)26-25-27(32)23-17-20(30)8-13-24(23)36-28(25)29(33)31(26)15-14-18-4-9-21(34-2)10-5-18/h3-13,17,26H,1,14-16H2,2H3. The summed E-state index contributed by atoms with van der Waals surface area (Å²) >= 11 is 3.43. The zero-order valence-electron chi connectivity index (χ0n) is 19.7. The number of ether oxygens (including phenoxy) is 2. The molecular weight excluding hydrogens is 522 g/mol. The van der Waals surface area contributed by atoms with E-state index in [0.717, 1.165) is 21.3 Å². The summed E-state index contributed by atoms with van der Waals surface area (Å²) in [5.74, 6) is 1.26. The van der Waals surface area contributed by atoms with Crippen molar-refractivity contribution in [1.82, 2.24) is 4.90 Å². The van der Waals surface area contributed by atoms with E-state index in [1.165, 1.54) is 0 Å². The minimum absolute atomic E-state index is 0.0986. The van der Waals surface area contributed by atoms with Crippen molar-refractivity contribution in [3.63, 3.8) is 0 Å². The maximum absolute atomic E-state index is 13.7. The summed E-state index contributed by atoms with van der Waals surface area (Å²) in [6, 6.07) is 19.8. The predicted octanol–water partition coefficient (Wildman–Crippen LogP) is 5.92. The Labute approximate surface area is 216 Å². The van der Waals surface area contributed by atoms with E-state index < -0.39 is 6.04 Å². The first-order chi connectivity index (χ1) is 17.5. The lowest BCUT2D eigenvalue weighted by Gasteiger charge is -2.25. The van der Waals surface area contributed by atoms with Gasteiger partial charge in [0, 0.05) is 11.0 Å². The molecule has 1 amide bonds. The van der Waals surface area contributed by atoms with Crippen LogP contribution in [-0.4, -0.2) is 31.1 Å². The molecule has 1 aliphatic rings. The molecule has 0 spiro atoms. The van der Waals surface area contributed by atoms with Gasteiger partial charge in [-0.15, -0.1) is 0 Å². The van der Waals surface area contributed by atoms with E-state index in [4.69, 9.17) is 13.9 Å². The molecule has 5 rings (SSSR count). The first-order valence-corrected chi connectivity index (χ1v) is 12.3. The smallest absolute Gasteiger partial charge is 0.290 e. The molecule has 4 aromatic rings. The second kappa shape index (κ2) is 10.0. The predicted molar refractivity (Wildman–Crippen MR) is 142 cm³/mol. The molecule has 7 heteroatoms. The van der Waals surface area contributed by atoms with E-state index >= 15 is 0 Å². The van der Waals surface area contributed by atoms with Crippen LogP contribution < -0.4 is 14.9 Å². The molecule has 36 heavy (non-hydrogen) atoms. The second-order valence-corrected chi connectivity index (χ2v) is 9.40. The summed E-state index contributed by atoms with van der Waals surface area (Å²) in [4.78, 5) is 29.0. The molecule has 182 valence electrons. The van der Waals surface area contributed by atoms with E-state index in [-0.39, 0.29) is 17.1 Å². The van der Waals surface area contributed by atoms with Gasteiger partial charge in [-0.1, -0.05) is 52.9 Å². The normalized spacial score (nSPS) is 14.7. The molecule has 0 aliphatic carbocycles. The number of fused-ring (bicyclic) bond motifs is 2. The minimum Gasteiger partial charge on any atom is -0.497 e. The van der Waals surface area contributed by atoms with Gasteiger partial charge < -0.3 is 18.8 Å². The fourth-order valence-corrected chi connectivity index (χ4v) is 4.87. The van der Waals surface area contributed by atoms with Crippen molar-refractivity contribution in [1.29, 1.82) is 0 Å². The Balaban J connectivity index is 1.56. The largest absolute Gasteiger partial charge is 0.497 e. The van der Waals surface area contributed by atoms with Crippen molar-refractivity contribution in [2.75, 3.05) is 20.3 Å². The van der Waals surface area contributed by atoms with Crippen LogP contribution in [0, 0.1) is 0 Å². The maximum Gasteiger partial charge on any atom is 0.290 e. The van der Waals surface area contributed by atoms with Crippen molar-refractivity contribution in [3.05, 3.63) is 117 Å². The highest BCUT2D eigenvalue weighted by Crippen LogP contribution is 2.39. The van der Waals surface area contributed by atoms with Gasteiger partial charge in [-0.05, 0) is 60.0 Å². The molecular formula is C29H24BrNO5. The van der Waals surface area contributed by atoms with Crippen molar-refractivity contribution < 1.29 is 18.7 Å². The van der Waals surface area contributed by atoms with Gasteiger partial charge in [0.05, 0.1) is 24.1 Å². The molecule has 0 radical (unpaired) electrons. The molecule has 0 N–H and O–H groups in total. The van der Waals surface area contributed by atoms with Crippen molar-refractivity contribution in [2.24, 2.45) is 0 Å². The first kappa shape index (κ1) is 23.9. The fraction of sp³-hybridized carbons (Fsp3) is 0.172. The van der Waals surface area contributed by atoms with Gasteiger partial charge in [-0.3, -0.25) is 9.59 Å². The molecule has 1 atom stereocenters. The first-order valence-electron chi connectivity index (χ1n) is 11.5. The molecule has 2 heterocycles. The van der Waals surface area contributed by atoms with E-state index in [1.807, 2.05) is 48.5 Å². The fourth-order valence-electron chi connectivity index (χ4n) is 4.51. The van der Waals surface area contributed by atoms with Crippen LogP contribution in [0.1, 0.15) is 33.3 Å². The molecule has 0 saturated carbocycles. The molecule has 0 saturated heterocycles. The highest BCUT2D eigenvalue weighted by Gasteiger charge is 2.42. The quantitative estimate of drug-likeness (QED) is 0.257. The van der Waals surface area contributed by atoms with E-state index in [9.17, 15) is 9.59 Å².